The Hall–Kier alpha value is -2.49. The molecule has 92 valence electrons. The summed E-state index contributed by atoms with van der Waals surface area (Å²) in [5.41, 5.74) is 7.79. The highest BCUT2D eigenvalue weighted by molar-refractivity contribution is 5.95. The molecule has 0 bridgehead atoms. The van der Waals surface area contributed by atoms with Crippen molar-refractivity contribution in [3.63, 3.8) is 0 Å². The summed E-state index contributed by atoms with van der Waals surface area (Å²) in [5.74, 6) is -1.02. The van der Waals surface area contributed by atoms with E-state index in [9.17, 15) is 4.79 Å². The summed E-state index contributed by atoms with van der Waals surface area (Å²) >= 11 is 0. The highest BCUT2D eigenvalue weighted by Crippen LogP contribution is 2.26. The molecule has 0 unspecified atom stereocenters. The topological polar surface area (TPSA) is 66.6 Å². The highest BCUT2D eigenvalue weighted by atomic mass is 16.4. The lowest BCUT2D eigenvalue weighted by atomic mass is 10.1. The number of hydrogen-bond acceptors (Lipinski definition) is 3. The Balaban J connectivity index is 2.40. The number of benzene rings is 2. The standard InChI is InChI=1S/C14H14N2O2/c1-16(10-5-3-2-4-6-10)11-7-8-13(15)12(9-11)14(17)18/h2-9H,15H2,1H3,(H,17,18). The molecule has 0 amide bonds. The van der Waals surface area contributed by atoms with E-state index in [1.165, 1.54) is 0 Å². The summed E-state index contributed by atoms with van der Waals surface area (Å²) in [7, 11) is 1.88. The van der Waals surface area contributed by atoms with Crippen molar-refractivity contribution in [1.82, 2.24) is 0 Å². The first-order chi connectivity index (χ1) is 8.59. The zero-order valence-corrected chi connectivity index (χ0v) is 10.00. The second-order valence-electron chi connectivity index (χ2n) is 3.97. The zero-order valence-electron chi connectivity index (χ0n) is 10.00. The van der Waals surface area contributed by atoms with E-state index in [0.29, 0.717) is 0 Å². The minimum atomic E-state index is -1.02. The van der Waals surface area contributed by atoms with Crippen LogP contribution >= 0.6 is 0 Å². The van der Waals surface area contributed by atoms with Crippen LogP contribution in [0.5, 0.6) is 0 Å². The molecule has 0 saturated heterocycles. The fraction of sp³-hybridized carbons (Fsp3) is 0.0714. The molecule has 4 nitrogen and oxygen atoms in total. The fourth-order valence-corrected chi connectivity index (χ4v) is 1.74. The van der Waals surface area contributed by atoms with E-state index in [1.807, 2.05) is 42.3 Å². The van der Waals surface area contributed by atoms with E-state index in [2.05, 4.69) is 0 Å². The van der Waals surface area contributed by atoms with Crippen molar-refractivity contribution in [3.8, 4) is 0 Å². The van der Waals surface area contributed by atoms with Crippen LogP contribution in [0.2, 0.25) is 0 Å². The van der Waals surface area contributed by atoms with Gasteiger partial charge in [-0.2, -0.15) is 0 Å². The number of carboxylic acid groups (broad SMARTS) is 1. The SMILES string of the molecule is CN(c1ccccc1)c1ccc(N)c(C(=O)O)c1. The third-order valence-corrected chi connectivity index (χ3v) is 2.80. The lowest BCUT2D eigenvalue weighted by molar-refractivity contribution is 0.0698. The maximum absolute atomic E-state index is 11.0. The van der Waals surface area contributed by atoms with Gasteiger partial charge in [0.15, 0.2) is 0 Å². The van der Waals surface area contributed by atoms with Gasteiger partial charge in [0.25, 0.3) is 0 Å². The van der Waals surface area contributed by atoms with E-state index in [4.69, 9.17) is 10.8 Å². The molecular weight excluding hydrogens is 228 g/mol. The van der Waals surface area contributed by atoms with Crippen molar-refractivity contribution >= 4 is 23.0 Å². The average Bonchev–Trinajstić information content (AvgIpc) is 2.39. The van der Waals surface area contributed by atoms with Crippen LogP contribution in [0.4, 0.5) is 17.1 Å². The lowest BCUT2D eigenvalue weighted by Crippen LogP contribution is -2.11. The van der Waals surface area contributed by atoms with E-state index >= 15 is 0 Å². The molecule has 0 saturated carbocycles. The molecule has 0 fully saturated rings. The zero-order chi connectivity index (χ0) is 13.1. The predicted octanol–water partition coefficient (Wildman–Crippen LogP) is 2.73. The molecular formula is C14H14N2O2. The Kier molecular flexibility index (Phi) is 3.19. The van der Waals surface area contributed by atoms with E-state index < -0.39 is 5.97 Å². The molecule has 0 spiro atoms. The molecule has 0 aliphatic heterocycles. The van der Waals surface area contributed by atoms with Gasteiger partial charge in [0.05, 0.1) is 5.56 Å². The van der Waals surface area contributed by atoms with Gasteiger partial charge in [-0.1, -0.05) is 18.2 Å². The summed E-state index contributed by atoms with van der Waals surface area (Å²) in [4.78, 5) is 12.9. The third kappa shape index (κ3) is 2.27. The number of nitrogen functional groups attached to an aromatic ring is 1. The molecule has 18 heavy (non-hydrogen) atoms. The Morgan fingerprint density at radius 1 is 1.11 bits per heavy atom. The molecule has 2 rings (SSSR count). The number of para-hydroxylation sites is 1. The average molecular weight is 242 g/mol. The maximum Gasteiger partial charge on any atom is 0.337 e. The number of carboxylic acids is 1. The first-order valence-electron chi connectivity index (χ1n) is 5.51. The van der Waals surface area contributed by atoms with Gasteiger partial charge in [0.2, 0.25) is 0 Å². The summed E-state index contributed by atoms with van der Waals surface area (Å²) in [6.07, 6.45) is 0. The Bertz CT molecular complexity index is 567. The van der Waals surface area contributed by atoms with Crippen LogP contribution in [-0.2, 0) is 0 Å². The molecule has 0 radical (unpaired) electrons. The maximum atomic E-state index is 11.0. The van der Waals surface area contributed by atoms with Gasteiger partial charge in [-0.05, 0) is 30.3 Å². The quantitative estimate of drug-likeness (QED) is 0.812. The smallest absolute Gasteiger partial charge is 0.337 e. The molecule has 2 aromatic carbocycles. The highest BCUT2D eigenvalue weighted by Gasteiger charge is 2.11. The number of rotatable bonds is 3. The van der Waals surface area contributed by atoms with Gasteiger partial charge in [-0.3, -0.25) is 0 Å². The van der Waals surface area contributed by atoms with Gasteiger partial charge in [-0.25, -0.2) is 4.79 Å². The van der Waals surface area contributed by atoms with Crippen molar-refractivity contribution in [2.24, 2.45) is 0 Å². The van der Waals surface area contributed by atoms with Crippen LogP contribution < -0.4 is 10.6 Å². The number of nitrogens with two attached hydrogens (primary N) is 1. The van der Waals surface area contributed by atoms with E-state index in [1.54, 1.807) is 18.2 Å². The van der Waals surface area contributed by atoms with Crippen LogP contribution in [0.25, 0.3) is 0 Å². The normalized spacial score (nSPS) is 10.1. The number of carbonyl (C=O) groups is 1. The van der Waals surface area contributed by atoms with Gasteiger partial charge < -0.3 is 15.7 Å². The van der Waals surface area contributed by atoms with E-state index in [-0.39, 0.29) is 11.3 Å². The van der Waals surface area contributed by atoms with Crippen LogP contribution in [-0.4, -0.2) is 18.1 Å². The molecule has 2 aromatic rings. The van der Waals surface area contributed by atoms with Crippen LogP contribution in [0.1, 0.15) is 10.4 Å². The summed E-state index contributed by atoms with van der Waals surface area (Å²) < 4.78 is 0. The molecule has 0 atom stereocenters. The second kappa shape index (κ2) is 4.79. The predicted molar refractivity (Wildman–Crippen MR) is 72.3 cm³/mol. The van der Waals surface area contributed by atoms with Gasteiger partial charge in [0.1, 0.15) is 0 Å². The number of hydrogen-bond donors (Lipinski definition) is 2. The minimum absolute atomic E-state index is 0.121. The Morgan fingerprint density at radius 3 is 2.39 bits per heavy atom. The Morgan fingerprint density at radius 2 is 1.78 bits per heavy atom. The summed E-state index contributed by atoms with van der Waals surface area (Å²) in [6, 6.07) is 14.7. The van der Waals surface area contributed by atoms with Gasteiger partial charge >= 0.3 is 5.97 Å². The van der Waals surface area contributed by atoms with Crippen molar-refractivity contribution in [2.45, 2.75) is 0 Å². The molecule has 0 aromatic heterocycles. The first kappa shape index (κ1) is 12.0. The minimum Gasteiger partial charge on any atom is -0.478 e. The lowest BCUT2D eigenvalue weighted by Gasteiger charge is -2.20. The summed E-state index contributed by atoms with van der Waals surface area (Å²) in [6.45, 7) is 0. The van der Waals surface area contributed by atoms with E-state index in [0.717, 1.165) is 11.4 Å². The third-order valence-electron chi connectivity index (χ3n) is 2.80. The van der Waals surface area contributed by atoms with Gasteiger partial charge in [0, 0.05) is 24.1 Å². The van der Waals surface area contributed by atoms with Crippen molar-refractivity contribution in [1.29, 1.82) is 0 Å². The first-order valence-corrected chi connectivity index (χ1v) is 5.51. The number of aromatic carboxylic acids is 1. The van der Waals surface area contributed by atoms with Crippen LogP contribution in [0.15, 0.2) is 48.5 Å². The summed E-state index contributed by atoms with van der Waals surface area (Å²) in [5, 5.41) is 9.04. The Labute approximate surface area is 105 Å². The molecule has 4 heteroatoms. The van der Waals surface area contributed by atoms with Crippen molar-refractivity contribution in [2.75, 3.05) is 17.7 Å². The molecule has 3 N–H and O–H groups in total. The van der Waals surface area contributed by atoms with Gasteiger partial charge in [-0.15, -0.1) is 0 Å². The van der Waals surface area contributed by atoms with Crippen molar-refractivity contribution in [3.05, 3.63) is 54.1 Å². The monoisotopic (exact) mass is 242 g/mol. The largest absolute Gasteiger partial charge is 0.478 e. The second-order valence-corrected chi connectivity index (χ2v) is 3.97. The molecule has 0 aliphatic rings. The van der Waals surface area contributed by atoms with Crippen LogP contribution in [0.3, 0.4) is 0 Å². The van der Waals surface area contributed by atoms with Crippen molar-refractivity contribution < 1.29 is 9.90 Å². The molecule has 0 aliphatic carbocycles. The number of nitrogens with zero attached hydrogens (tertiary/aromatic N) is 1. The fourth-order valence-electron chi connectivity index (χ4n) is 1.74. The number of anilines is 3. The van der Waals surface area contributed by atoms with Crippen LogP contribution in [0, 0.1) is 0 Å². The molecule has 0 heterocycles.